The van der Waals surface area contributed by atoms with Gasteiger partial charge in [-0.05, 0) is 19.3 Å². The minimum atomic E-state index is -6.07. The fourth-order valence-electron chi connectivity index (χ4n) is 3.13. The first-order chi connectivity index (χ1) is 15.9. The van der Waals surface area contributed by atoms with Crippen molar-refractivity contribution in [3.63, 3.8) is 0 Å². The molecule has 0 fully saturated rings. The van der Waals surface area contributed by atoms with Crippen LogP contribution in [0, 0.1) is 0 Å². The number of hydrogen-bond donors (Lipinski definition) is 0. The number of aromatic nitrogens is 4. The van der Waals surface area contributed by atoms with Crippen molar-refractivity contribution >= 4 is 19.7 Å². The van der Waals surface area contributed by atoms with Crippen molar-refractivity contribution in [3.8, 4) is 0 Å². The number of sulfone groups is 2. The van der Waals surface area contributed by atoms with Gasteiger partial charge in [0, 0.05) is 0 Å². The van der Waals surface area contributed by atoms with Gasteiger partial charge in [-0.1, -0.05) is 26.7 Å². The third-order valence-corrected chi connectivity index (χ3v) is 7.95. The van der Waals surface area contributed by atoms with E-state index in [1.165, 1.54) is 6.42 Å². The van der Waals surface area contributed by atoms with E-state index < -0.39 is 40.9 Å². The number of hydrogen-bond acceptors (Lipinski definition) is 4. The van der Waals surface area contributed by atoms with Crippen LogP contribution >= 0.6 is 0 Å². The summed E-state index contributed by atoms with van der Waals surface area (Å²) >= 11 is 0. The third kappa shape index (κ3) is 7.44. The number of alkyl halides is 6. The fourth-order valence-corrected chi connectivity index (χ4v) is 5.26. The zero-order chi connectivity index (χ0) is 27.2. The highest BCUT2D eigenvalue weighted by molar-refractivity contribution is 7.92. The number of rotatable bonds is 9. The summed E-state index contributed by atoms with van der Waals surface area (Å²) < 4.78 is 128. The SMILES string of the molecule is CCCCCC[n+]1cc(S(=O)(=O)C(F)(F)F)n(C)c1S(=O)(=O)C(F)(F)F.CCCn1cc[n+](C)c1. The van der Waals surface area contributed by atoms with E-state index in [2.05, 4.69) is 34.8 Å². The average Bonchev–Trinajstić information content (AvgIpc) is 3.27. The van der Waals surface area contributed by atoms with Gasteiger partial charge in [0.25, 0.3) is 5.03 Å². The molecule has 2 heterocycles. The average molecular weight is 557 g/mol. The molecule has 35 heavy (non-hydrogen) atoms. The van der Waals surface area contributed by atoms with Gasteiger partial charge in [0.15, 0.2) is 6.20 Å². The molecule has 0 bridgehead atoms. The molecule has 0 aliphatic carbocycles. The molecule has 0 aliphatic rings. The molecule has 2 aromatic heterocycles. The maximum atomic E-state index is 12.9. The highest BCUT2D eigenvalue weighted by Gasteiger charge is 2.58. The van der Waals surface area contributed by atoms with Gasteiger partial charge in [-0.25, -0.2) is 35.1 Å². The Bertz CT molecular complexity index is 1180. The molecule has 16 heteroatoms. The Balaban J connectivity index is 0.000000566. The number of nitrogens with zero attached hydrogens (tertiary/aromatic N) is 4. The summed E-state index contributed by atoms with van der Waals surface area (Å²) in [6.07, 6.45) is 9.76. The largest absolute Gasteiger partial charge is 0.509 e. The Morgan fingerprint density at radius 3 is 1.89 bits per heavy atom. The molecule has 0 unspecified atom stereocenters. The number of aryl methyl sites for hydroxylation is 3. The number of unbranched alkanes of at least 4 members (excludes halogenated alkanes) is 3. The molecule has 0 saturated heterocycles. The van der Waals surface area contributed by atoms with Gasteiger partial charge in [0.1, 0.15) is 12.4 Å². The van der Waals surface area contributed by atoms with Gasteiger partial charge in [0.2, 0.25) is 6.33 Å². The quantitative estimate of drug-likeness (QED) is 0.270. The summed E-state index contributed by atoms with van der Waals surface area (Å²) in [4.78, 5) is 0. The van der Waals surface area contributed by atoms with E-state index >= 15 is 0 Å². The van der Waals surface area contributed by atoms with Gasteiger partial charge in [-0.3, -0.25) is 0 Å². The fraction of sp³-hybridized carbons (Fsp3) is 0.684. The Morgan fingerprint density at radius 1 is 0.886 bits per heavy atom. The molecule has 0 saturated carbocycles. The van der Waals surface area contributed by atoms with Crippen LogP contribution in [-0.4, -0.2) is 37.0 Å². The normalized spacial score (nSPS) is 13.0. The van der Waals surface area contributed by atoms with Gasteiger partial charge >= 0.3 is 35.8 Å². The van der Waals surface area contributed by atoms with Crippen LogP contribution in [-0.2, 0) is 46.9 Å². The maximum absolute atomic E-state index is 12.9. The van der Waals surface area contributed by atoms with Crippen molar-refractivity contribution in [1.82, 2.24) is 9.13 Å². The Labute approximate surface area is 200 Å². The minimum Gasteiger partial charge on any atom is -0.240 e. The highest BCUT2D eigenvalue weighted by atomic mass is 32.2. The lowest BCUT2D eigenvalue weighted by Gasteiger charge is -2.08. The van der Waals surface area contributed by atoms with E-state index in [0.29, 0.717) is 24.5 Å². The maximum Gasteiger partial charge on any atom is 0.509 e. The van der Waals surface area contributed by atoms with Crippen LogP contribution in [0.15, 0.2) is 35.1 Å². The molecule has 0 aliphatic heterocycles. The molecule has 8 nitrogen and oxygen atoms in total. The zero-order valence-electron chi connectivity index (χ0n) is 19.8. The van der Waals surface area contributed by atoms with Crippen molar-refractivity contribution in [2.75, 3.05) is 0 Å². The number of imidazole rings is 2. The zero-order valence-corrected chi connectivity index (χ0v) is 21.4. The Morgan fingerprint density at radius 2 is 1.46 bits per heavy atom. The summed E-state index contributed by atoms with van der Waals surface area (Å²) in [5.41, 5.74) is -11.6. The van der Waals surface area contributed by atoms with Gasteiger partial charge in [-0.15, -0.1) is 0 Å². The van der Waals surface area contributed by atoms with Crippen LogP contribution < -0.4 is 9.13 Å². The molecule has 0 atom stereocenters. The summed E-state index contributed by atoms with van der Waals surface area (Å²) in [6, 6.07) is 0. The van der Waals surface area contributed by atoms with Crippen LogP contribution in [0.1, 0.15) is 46.0 Å². The van der Waals surface area contributed by atoms with Crippen molar-refractivity contribution in [1.29, 1.82) is 0 Å². The van der Waals surface area contributed by atoms with Crippen molar-refractivity contribution in [2.24, 2.45) is 14.1 Å². The first-order valence-corrected chi connectivity index (χ1v) is 13.6. The summed E-state index contributed by atoms with van der Waals surface area (Å²) in [6.45, 7) is 4.76. The second-order valence-corrected chi connectivity index (χ2v) is 11.5. The molecule has 0 radical (unpaired) electrons. The molecule has 2 rings (SSSR count). The van der Waals surface area contributed by atoms with E-state index in [9.17, 15) is 43.2 Å². The van der Waals surface area contributed by atoms with Crippen molar-refractivity contribution in [3.05, 3.63) is 24.9 Å². The van der Waals surface area contributed by atoms with E-state index in [4.69, 9.17) is 0 Å². The van der Waals surface area contributed by atoms with Gasteiger partial charge in [-0.2, -0.15) is 26.3 Å². The topological polar surface area (TPSA) is 85.9 Å². The van der Waals surface area contributed by atoms with Crippen molar-refractivity contribution in [2.45, 2.75) is 80.2 Å². The lowest BCUT2D eigenvalue weighted by Crippen LogP contribution is -2.42. The standard InChI is InChI=1S/C12H17F6N2O4S2.C7H13N2/c1-3-4-5-6-7-20-8-9(25(21,22)11(13,14)15)19(2)10(20)26(23,24)12(16,17)18;1-3-4-9-6-5-8(2)7-9/h8H,3-7H2,1-2H3;5-7H,3-4H2,1-2H3/q2*+1. The summed E-state index contributed by atoms with van der Waals surface area (Å²) in [5.74, 6) is 0. The molecule has 2 aromatic rings. The first-order valence-electron chi connectivity index (χ1n) is 10.6. The third-order valence-electron chi connectivity index (χ3n) is 4.81. The molecule has 0 aromatic carbocycles. The molecular formula is C19H30F6N4O4S2+2. The van der Waals surface area contributed by atoms with Crippen LogP contribution in [0.3, 0.4) is 0 Å². The minimum absolute atomic E-state index is 0.106. The predicted molar refractivity (Wildman–Crippen MR) is 112 cm³/mol. The molecule has 0 amide bonds. The Kier molecular flexibility index (Phi) is 10.4. The summed E-state index contributed by atoms with van der Waals surface area (Å²) in [5, 5.41) is -3.15. The van der Waals surface area contributed by atoms with Crippen molar-refractivity contribution < 1.29 is 52.3 Å². The molecular weight excluding hydrogens is 526 g/mol. The van der Waals surface area contributed by atoms with Gasteiger partial charge in [0.05, 0.1) is 27.2 Å². The van der Waals surface area contributed by atoms with Crippen LogP contribution in [0.2, 0.25) is 0 Å². The van der Waals surface area contributed by atoms with Crippen LogP contribution in [0.4, 0.5) is 26.3 Å². The molecule has 202 valence electrons. The van der Waals surface area contributed by atoms with E-state index in [1.54, 1.807) is 0 Å². The van der Waals surface area contributed by atoms with Crippen LogP contribution in [0.5, 0.6) is 0 Å². The second-order valence-electron chi connectivity index (χ2n) is 7.78. The highest BCUT2D eigenvalue weighted by Crippen LogP contribution is 2.33. The monoisotopic (exact) mass is 556 g/mol. The number of halogens is 6. The predicted octanol–water partition coefficient (Wildman–Crippen LogP) is 3.20. The lowest BCUT2D eigenvalue weighted by atomic mass is 10.2. The molecule has 0 spiro atoms. The van der Waals surface area contributed by atoms with Crippen LogP contribution in [0.25, 0.3) is 0 Å². The lowest BCUT2D eigenvalue weighted by molar-refractivity contribution is -0.735. The van der Waals surface area contributed by atoms with Gasteiger partial charge < -0.3 is 0 Å². The second kappa shape index (κ2) is 11.8. The summed E-state index contributed by atoms with van der Waals surface area (Å²) in [7, 11) is -9.55. The molecule has 0 N–H and O–H groups in total. The first kappa shape index (κ1) is 30.9. The Hall–Kier alpha value is -2.10. The smallest absolute Gasteiger partial charge is 0.240 e. The van der Waals surface area contributed by atoms with E-state index in [-0.39, 0.29) is 23.7 Å². The van der Waals surface area contributed by atoms with E-state index in [0.717, 1.165) is 13.0 Å². The van der Waals surface area contributed by atoms with E-state index in [1.807, 2.05) is 14.0 Å².